The average Bonchev–Trinajstić information content (AvgIpc) is 3.08. The van der Waals surface area contributed by atoms with Crippen LogP contribution in [0.3, 0.4) is 0 Å². The number of halogens is 2. The molecule has 6 nitrogen and oxygen atoms in total. The van der Waals surface area contributed by atoms with E-state index in [9.17, 15) is 9.18 Å². The summed E-state index contributed by atoms with van der Waals surface area (Å²) in [5.41, 5.74) is 1.01. The van der Waals surface area contributed by atoms with Crippen molar-refractivity contribution in [3.63, 3.8) is 0 Å². The minimum absolute atomic E-state index is 0.0194. The summed E-state index contributed by atoms with van der Waals surface area (Å²) in [5.74, 6) is -1.77. The number of amides is 1. The number of thiocarbonyl (C=S) groups is 1. The Labute approximate surface area is 160 Å². The maximum Gasteiger partial charge on any atom is 0.235 e. The lowest BCUT2D eigenvalue weighted by molar-refractivity contribution is -0.118. The molecule has 138 valence electrons. The number of carbonyl (C=O) groups is 1. The lowest BCUT2D eigenvalue weighted by atomic mass is 9.90. The molecule has 0 unspecified atom stereocenters. The second-order valence-corrected chi connectivity index (χ2v) is 6.90. The third kappa shape index (κ3) is 3.14. The molecule has 0 bridgehead atoms. The molecule has 26 heavy (non-hydrogen) atoms. The van der Waals surface area contributed by atoms with Crippen LogP contribution in [0.1, 0.15) is 11.5 Å². The third-order valence-corrected chi connectivity index (χ3v) is 5.55. The summed E-state index contributed by atoms with van der Waals surface area (Å²) in [5, 5.41) is 7.35. The Kier molecular flexibility index (Phi) is 5.15. The van der Waals surface area contributed by atoms with E-state index in [0.717, 1.165) is 5.56 Å². The molecule has 1 aromatic carbocycles. The first kappa shape index (κ1) is 18.6. The number of likely N-dealkylation sites (N-methyl/N-ethyl adjacent to an activating group) is 1. The summed E-state index contributed by atoms with van der Waals surface area (Å²) in [6, 6.07) is 4.34. The summed E-state index contributed by atoms with van der Waals surface area (Å²) in [6.07, 6.45) is 1.65. The molecule has 1 aliphatic rings. The minimum Gasteiger partial charge on any atom is -0.492 e. The predicted molar refractivity (Wildman–Crippen MR) is 101 cm³/mol. The Morgan fingerprint density at radius 1 is 1.46 bits per heavy atom. The first-order chi connectivity index (χ1) is 12.3. The number of aryl methyl sites for hydroxylation is 1. The fraction of sp³-hybridized carbons (Fsp3) is 0.353. The van der Waals surface area contributed by atoms with Gasteiger partial charge in [0.25, 0.3) is 0 Å². The number of ether oxygens (including phenoxy) is 1. The van der Waals surface area contributed by atoms with Crippen molar-refractivity contribution in [1.29, 1.82) is 0 Å². The molecular weight excluding hydrogens is 379 g/mol. The molecule has 1 amide bonds. The van der Waals surface area contributed by atoms with Crippen molar-refractivity contribution >= 4 is 40.4 Å². The Morgan fingerprint density at radius 3 is 2.81 bits per heavy atom. The minimum atomic E-state index is -0.621. The Bertz CT molecular complexity index is 872. The summed E-state index contributed by atoms with van der Waals surface area (Å²) < 4.78 is 20.5. The van der Waals surface area contributed by atoms with Crippen LogP contribution in [-0.2, 0) is 11.8 Å². The fourth-order valence-corrected chi connectivity index (χ4v) is 3.76. The first-order valence-corrected chi connectivity index (χ1v) is 8.69. The highest BCUT2D eigenvalue weighted by Gasteiger charge is 2.43. The van der Waals surface area contributed by atoms with Gasteiger partial charge in [-0.1, -0.05) is 29.9 Å². The molecule has 2 heterocycles. The molecule has 0 saturated carbocycles. The Balaban J connectivity index is 1.92. The first-order valence-electron chi connectivity index (χ1n) is 7.90. The smallest absolute Gasteiger partial charge is 0.235 e. The standard InChI is InChI=1S/C17H18ClFN4O2S/c1-22-8-10(9-7-20-23(2)15(9)18)13(17(22)26)16(24)21-12-6-4-5-11(19)14(12)25-3/h4-7,10,13H,8H2,1-3H3,(H,21,24)/t10-,13+/m1/s1. The second kappa shape index (κ2) is 7.20. The fourth-order valence-electron chi connectivity index (χ4n) is 3.19. The third-order valence-electron chi connectivity index (χ3n) is 4.52. The topological polar surface area (TPSA) is 59.4 Å². The van der Waals surface area contributed by atoms with Crippen LogP contribution < -0.4 is 10.1 Å². The zero-order valence-electron chi connectivity index (χ0n) is 14.5. The van der Waals surface area contributed by atoms with Gasteiger partial charge < -0.3 is 15.0 Å². The molecule has 1 aliphatic heterocycles. The number of nitrogens with zero attached hydrogens (tertiary/aromatic N) is 3. The van der Waals surface area contributed by atoms with Crippen molar-refractivity contribution in [2.24, 2.45) is 13.0 Å². The van der Waals surface area contributed by atoms with E-state index in [1.807, 2.05) is 11.9 Å². The van der Waals surface area contributed by atoms with Crippen molar-refractivity contribution in [1.82, 2.24) is 14.7 Å². The number of carbonyl (C=O) groups excluding carboxylic acids is 1. The van der Waals surface area contributed by atoms with E-state index in [2.05, 4.69) is 10.4 Å². The van der Waals surface area contributed by atoms with Gasteiger partial charge in [-0.15, -0.1) is 0 Å². The van der Waals surface area contributed by atoms with Gasteiger partial charge in [-0.25, -0.2) is 4.39 Å². The number of methoxy groups -OCH3 is 1. The normalized spacial score (nSPS) is 19.7. The Morgan fingerprint density at radius 2 is 2.19 bits per heavy atom. The SMILES string of the molecule is COc1c(F)cccc1NC(=O)[C@H]1C(=S)N(C)C[C@@H]1c1cnn(C)c1Cl. The lowest BCUT2D eigenvalue weighted by Gasteiger charge is -2.18. The molecule has 9 heteroatoms. The van der Waals surface area contributed by atoms with Crippen LogP contribution in [0.5, 0.6) is 5.75 Å². The van der Waals surface area contributed by atoms with Gasteiger partial charge in [0, 0.05) is 32.1 Å². The van der Waals surface area contributed by atoms with E-state index in [0.29, 0.717) is 16.7 Å². The molecule has 2 aromatic rings. The van der Waals surface area contributed by atoms with Crippen LogP contribution in [-0.4, -0.2) is 46.3 Å². The van der Waals surface area contributed by atoms with Crippen molar-refractivity contribution in [3.05, 3.63) is 40.9 Å². The number of aromatic nitrogens is 2. The largest absolute Gasteiger partial charge is 0.492 e. The molecule has 0 radical (unpaired) electrons. The molecule has 2 atom stereocenters. The maximum atomic E-state index is 13.9. The number of benzene rings is 1. The predicted octanol–water partition coefficient (Wildman–Crippen LogP) is 2.83. The summed E-state index contributed by atoms with van der Waals surface area (Å²) >= 11 is 11.8. The molecule has 1 N–H and O–H groups in total. The molecule has 1 fully saturated rings. The number of para-hydroxylation sites is 1. The summed E-state index contributed by atoms with van der Waals surface area (Å²) in [7, 11) is 4.91. The summed E-state index contributed by atoms with van der Waals surface area (Å²) in [4.78, 5) is 15.3. The van der Waals surface area contributed by atoms with Crippen LogP contribution in [0.4, 0.5) is 10.1 Å². The highest BCUT2D eigenvalue weighted by Crippen LogP contribution is 2.38. The number of hydrogen-bond donors (Lipinski definition) is 1. The average molecular weight is 397 g/mol. The maximum absolute atomic E-state index is 13.9. The zero-order valence-corrected chi connectivity index (χ0v) is 16.1. The lowest BCUT2D eigenvalue weighted by Crippen LogP contribution is -2.31. The van der Waals surface area contributed by atoms with Crippen LogP contribution in [0.25, 0.3) is 0 Å². The van der Waals surface area contributed by atoms with Gasteiger partial charge >= 0.3 is 0 Å². The van der Waals surface area contributed by atoms with E-state index >= 15 is 0 Å². The molecular formula is C17H18ClFN4O2S. The van der Waals surface area contributed by atoms with E-state index < -0.39 is 11.7 Å². The van der Waals surface area contributed by atoms with Gasteiger partial charge in [0.2, 0.25) is 5.91 Å². The van der Waals surface area contributed by atoms with Crippen molar-refractivity contribution in [2.45, 2.75) is 5.92 Å². The van der Waals surface area contributed by atoms with Gasteiger partial charge in [-0.3, -0.25) is 9.48 Å². The van der Waals surface area contributed by atoms with Crippen molar-refractivity contribution in [2.75, 3.05) is 26.0 Å². The molecule has 3 rings (SSSR count). The van der Waals surface area contributed by atoms with E-state index in [1.54, 1.807) is 24.0 Å². The Hall–Kier alpha value is -2.19. The zero-order chi connectivity index (χ0) is 19.0. The molecule has 0 aliphatic carbocycles. The van der Waals surface area contributed by atoms with Gasteiger partial charge in [-0.2, -0.15) is 5.10 Å². The van der Waals surface area contributed by atoms with Crippen molar-refractivity contribution < 1.29 is 13.9 Å². The van der Waals surface area contributed by atoms with E-state index in [1.165, 1.54) is 19.2 Å². The number of hydrogen-bond acceptors (Lipinski definition) is 4. The van der Waals surface area contributed by atoms with Crippen LogP contribution in [0, 0.1) is 11.7 Å². The highest BCUT2D eigenvalue weighted by molar-refractivity contribution is 7.80. The quantitative estimate of drug-likeness (QED) is 0.805. The number of nitrogens with one attached hydrogen (secondary N) is 1. The van der Waals surface area contributed by atoms with E-state index in [4.69, 9.17) is 28.6 Å². The number of anilines is 1. The van der Waals surface area contributed by atoms with Gasteiger partial charge in [0.1, 0.15) is 5.15 Å². The molecule has 1 saturated heterocycles. The van der Waals surface area contributed by atoms with Gasteiger partial charge in [-0.05, 0) is 12.1 Å². The van der Waals surface area contributed by atoms with Gasteiger partial charge in [0.05, 0.1) is 29.9 Å². The highest BCUT2D eigenvalue weighted by atomic mass is 35.5. The molecule has 1 aromatic heterocycles. The molecule has 0 spiro atoms. The van der Waals surface area contributed by atoms with Crippen LogP contribution in [0.15, 0.2) is 24.4 Å². The van der Waals surface area contributed by atoms with Gasteiger partial charge in [0.15, 0.2) is 11.6 Å². The summed E-state index contributed by atoms with van der Waals surface area (Å²) in [6.45, 7) is 0.544. The number of likely N-dealkylation sites (tertiary alicyclic amines) is 1. The second-order valence-electron chi connectivity index (χ2n) is 6.13. The number of rotatable bonds is 4. The van der Waals surface area contributed by atoms with Crippen LogP contribution in [0.2, 0.25) is 5.15 Å². The van der Waals surface area contributed by atoms with Crippen LogP contribution >= 0.6 is 23.8 Å². The van der Waals surface area contributed by atoms with E-state index in [-0.39, 0.29) is 23.3 Å². The van der Waals surface area contributed by atoms with Crippen molar-refractivity contribution in [3.8, 4) is 5.75 Å². The monoisotopic (exact) mass is 396 g/mol.